The minimum absolute atomic E-state index is 0.556. The van der Waals surface area contributed by atoms with E-state index < -0.39 is 0 Å². The zero-order chi connectivity index (χ0) is 14.5. The highest BCUT2D eigenvalue weighted by molar-refractivity contribution is 8.00. The SMILES string of the molecule is CCCC1CN(CC2CCCS2)C(c2ccccc2)CN1. The number of nitrogens with zero attached hydrogens (tertiary/aromatic N) is 1. The maximum atomic E-state index is 3.78. The van der Waals surface area contributed by atoms with Gasteiger partial charge in [0.05, 0.1) is 0 Å². The van der Waals surface area contributed by atoms with Crippen molar-refractivity contribution in [1.29, 1.82) is 0 Å². The monoisotopic (exact) mass is 304 g/mol. The van der Waals surface area contributed by atoms with Crippen molar-refractivity contribution in [3.8, 4) is 0 Å². The van der Waals surface area contributed by atoms with Gasteiger partial charge in [0.2, 0.25) is 0 Å². The maximum absolute atomic E-state index is 3.78. The highest BCUT2D eigenvalue weighted by Gasteiger charge is 2.31. The number of piperazine rings is 1. The summed E-state index contributed by atoms with van der Waals surface area (Å²) in [6, 6.07) is 12.3. The minimum atomic E-state index is 0.556. The predicted molar refractivity (Wildman–Crippen MR) is 92.9 cm³/mol. The van der Waals surface area contributed by atoms with Crippen molar-refractivity contribution in [3.63, 3.8) is 0 Å². The number of hydrogen-bond acceptors (Lipinski definition) is 3. The molecule has 0 radical (unpaired) electrons. The predicted octanol–water partition coefficient (Wildman–Crippen LogP) is 3.70. The van der Waals surface area contributed by atoms with Gasteiger partial charge in [-0.15, -0.1) is 0 Å². The standard InChI is InChI=1S/C18H28N2S/c1-2-7-16-13-20(14-17-10-6-11-21-17)18(12-19-16)15-8-4-3-5-9-15/h3-5,8-9,16-19H,2,6-7,10-14H2,1H3. The van der Waals surface area contributed by atoms with Gasteiger partial charge in [0.25, 0.3) is 0 Å². The van der Waals surface area contributed by atoms with Gasteiger partial charge in [-0.2, -0.15) is 11.8 Å². The van der Waals surface area contributed by atoms with Crippen molar-refractivity contribution in [2.45, 2.75) is 49.9 Å². The Labute approximate surface area is 133 Å². The van der Waals surface area contributed by atoms with Crippen molar-refractivity contribution >= 4 is 11.8 Å². The number of rotatable bonds is 5. The van der Waals surface area contributed by atoms with E-state index in [0.29, 0.717) is 12.1 Å². The highest BCUT2D eigenvalue weighted by Crippen LogP contribution is 2.31. The molecule has 2 aliphatic rings. The van der Waals surface area contributed by atoms with E-state index in [9.17, 15) is 0 Å². The summed E-state index contributed by atoms with van der Waals surface area (Å²) in [6.07, 6.45) is 5.40. The number of nitrogens with one attached hydrogen (secondary N) is 1. The first-order valence-electron chi connectivity index (χ1n) is 8.50. The average Bonchev–Trinajstić information content (AvgIpc) is 3.02. The zero-order valence-electron chi connectivity index (χ0n) is 13.1. The van der Waals surface area contributed by atoms with Crippen LogP contribution in [0.15, 0.2) is 30.3 Å². The van der Waals surface area contributed by atoms with Crippen molar-refractivity contribution in [1.82, 2.24) is 10.2 Å². The quantitative estimate of drug-likeness (QED) is 0.893. The minimum Gasteiger partial charge on any atom is -0.311 e. The molecule has 2 saturated heterocycles. The molecule has 2 fully saturated rings. The normalized spacial score (nSPS) is 30.6. The summed E-state index contributed by atoms with van der Waals surface area (Å²) in [7, 11) is 0. The van der Waals surface area contributed by atoms with Gasteiger partial charge in [-0.1, -0.05) is 43.7 Å². The lowest BCUT2D eigenvalue weighted by molar-refractivity contribution is 0.126. The van der Waals surface area contributed by atoms with Crippen LogP contribution < -0.4 is 5.32 Å². The third kappa shape index (κ3) is 4.02. The molecule has 1 aromatic rings. The van der Waals surface area contributed by atoms with Crippen LogP contribution in [0.2, 0.25) is 0 Å². The Morgan fingerprint density at radius 3 is 2.86 bits per heavy atom. The second-order valence-corrected chi connectivity index (χ2v) is 7.82. The topological polar surface area (TPSA) is 15.3 Å². The summed E-state index contributed by atoms with van der Waals surface area (Å²) in [5, 5.41) is 4.63. The lowest BCUT2D eigenvalue weighted by Gasteiger charge is -2.41. The van der Waals surface area contributed by atoms with Gasteiger partial charge in [-0.3, -0.25) is 4.90 Å². The van der Waals surface area contributed by atoms with E-state index in [0.717, 1.165) is 11.8 Å². The van der Waals surface area contributed by atoms with Crippen molar-refractivity contribution in [3.05, 3.63) is 35.9 Å². The lowest BCUT2D eigenvalue weighted by atomic mass is 9.99. The Morgan fingerprint density at radius 1 is 1.29 bits per heavy atom. The molecule has 21 heavy (non-hydrogen) atoms. The van der Waals surface area contributed by atoms with Crippen LogP contribution in [0.4, 0.5) is 0 Å². The summed E-state index contributed by atoms with van der Waals surface area (Å²) in [6.45, 7) is 5.88. The third-order valence-corrected chi connectivity index (χ3v) is 6.16. The molecule has 0 bridgehead atoms. The van der Waals surface area contributed by atoms with Crippen LogP contribution in [-0.4, -0.2) is 41.6 Å². The van der Waals surface area contributed by atoms with E-state index in [1.54, 1.807) is 0 Å². The van der Waals surface area contributed by atoms with Gasteiger partial charge in [0.1, 0.15) is 0 Å². The Bertz CT molecular complexity index is 416. The highest BCUT2D eigenvalue weighted by atomic mass is 32.2. The van der Waals surface area contributed by atoms with Gasteiger partial charge in [-0.05, 0) is 30.6 Å². The van der Waals surface area contributed by atoms with E-state index in [-0.39, 0.29) is 0 Å². The van der Waals surface area contributed by atoms with Gasteiger partial charge in [-0.25, -0.2) is 0 Å². The molecule has 3 unspecified atom stereocenters. The number of benzene rings is 1. The largest absolute Gasteiger partial charge is 0.311 e. The molecule has 0 amide bonds. The second kappa shape index (κ2) is 7.66. The molecule has 3 rings (SSSR count). The van der Waals surface area contributed by atoms with Crippen LogP contribution in [0.1, 0.15) is 44.2 Å². The van der Waals surface area contributed by atoms with Crippen LogP contribution >= 0.6 is 11.8 Å². The van der Waals surface area contributed by atoms with Crippen molar-refractivity contribution < 1.29 is 0 Å². The summed E-state index contributed by atoms with van der Waals surface area (Å²) in [5.41, 5.74) is 1.47. The Hall–Kier alpha value is -0.510. The van der Waals surface area contributed by atoms with Crippen molar-refractivity contribution in [2.75, 3.05) is 25.4 Å². The average molecular weight is 305 g/mol. The van der Waals surface area contributed by atoms with Crippen LogP contribution in [0, 0.1) is 0 Å². The van der Waals surface area contributed by atoms with E-state index in [4.69, 9.17) is 0 Å². The van der Waals surface area contributed by atoms with E-state index in [1.807, 2.05) is 0 Å². The molecule has 2 nitrogen and oxygen atoms in total. The fraction of sp³-hybridized carbons (Fsp3) is 0.667. The van der Waals surface area contributed by atoms with E-state index >= 15 is 0 Å². The summed E-state index contributed by atoms with van der Waals surface area (Å²) in [4.78, 5) is 2.76. The molecule has 0 spiro atoms. The third-order valence-electron chi connectivity index (χ3n) is 4.78. The molecule has 116 valence electrons. The first kappa shape index (κ1) is 15.4. The van der Waals surface area contributed by atoms with E-state index in [2.05, 4.69) is 59.2 Å². The second-order valence-electron chi connectivity index (χ2n) is 6.41. The van der Waals surface area contributed by atoms with Crippen molar-refractivity contribution in [2.24, 2.45) is 0 Å². The molecule has 1 aromatic carbocycles. The lowest BCUT2D eigenvalue weighted by Crippen LogP contribution is -2.53. The van der Waals surface area contributed by atoms with Crippen LogP contribution in [0.3, 0.4) is 0 Å². The Kier molecular flexibility index (Phi) is 5.61. The molecule has 2 heterocycles. The summed E-state index contributed by atoms with van der Waals surface area (Å²) in [5.74, 6) is 1.37. The van der Waals surface area contributed by atoms with Crippen LogP contribution in [0.25, 0.3) is 0 Å². The Balaban J connectivity index is 1.70. The molecular weight excluding hydrogens is 276 g/mol. The molecule has 0 aliphatic carbocycles. The fourth-order valence-electron chi connectivity index (χ4n) is 3.68. The number of thioether (sulfide) groups is 1. The molecule has 1 N–H and O–H groups in total. The molecule has 3 atom stereocenters. The van der Waals surface area contributed by atoms with Gasteiger partial charge in [0.15, 0.2) is 0 Å². The van der Waals surface area contributed by atoms with Gasteiger partial charge in [0, 0.05) is 37.0 Å². The molecular formula is C18H28N2S. The molecule has 0 saturated carbocycles. The van der Waals surface area contributed by atoms with Gasteiger partial charge < -0.3 is 5.32 Å². The Morgan fingerprint density at radius 2 is 2.14 bits per heavy atom. The summed E-state index contributed by atoms with van der Waals surface area (Å²) >= 11 is 2.19. The molecule has 3 heteroatoms. The number of hydrogen-bond donors (Lipinski definition) is 1. The smallest absolute Gasteiger partial charge is 0.0473 e. The molecule has 0 aromatic heterocycles. The zero-order valence-corrected chi connectivity index (χ0v) is 13.9. The maximum Gasteiger partial charge on any atom is 0.0473 e. The molecule has 2 aliphatic heterocycles. The summed E-state index contributed by atoms with van der Waals surface area (Å²) < 4.78 is 0. The van der Waals surface area contributed by atoms with Gasteiger partial charge >= 0.3 is 0 Å². The fourth-order valence-corrected chi connectivity index (χ4v) is 4.98. The van der Waals surface area contributed by atoms with Crippen LogP contribution in [0.5, 0.6) is 0 Å². The van der Waals surface area contributed by atoms with Crippen LogP contribution in [-0.2, 0) is 0 Å². The first-order chi connectivity index (χ1) is 10.4. The first-order valence-corrected chi connectivity index (χ1v) is 9.55. The van der Waals surface area contributed by atoms with E-state index in [1.165, 1.54) is 50.1 Å².